The van der Waals surface area contributed by atoms with E-state index < -0.39 is 47.7 Å². The van der Waals surface area contributed by atoms with Gasteiger partial charge in [-0.1, -0.05) is 19.3 Å². The fourth-order valence-electron chi connectivity index (χ4n) is 5.42. The number of carbonyl (C=O) groups excluding carboxylic acids is 3. The summed E-state index contributed by atoms with van der Waals surface area (Å²) in [6.45, 7) is 1.31. The maximum absolute atomic E-state index is 13.8. The van der Waals surface area contributed by atoms with Crippen LogP contribution in [0.2, 0.25) is 0 Å². The monoisotopic (exact) mass is 522 g/mol. The van der Waals surface area contributed by atoms with Crippen LogP contribution in [0.4, 0.5) is 13.6 Å². The summed E-state index contributed by atoms with van der Waals surface area (Å²) in [5.74, 6) is -4.48. The van der Waals surface area contributed by atoms with E-state index in [1.165, 1.54) is 9.80 Å². The average molecular weight is 523 g/mol. The molecule has 0 radical (unpaired) electrons. The molecule has 12 heteroatoms. The van der Waals surface area contributed by atoms with E-state index in [-0.39, 0.29) is 31.0 Å². The summed E-state index contributed by atoms with van der Waals surface area (Å²) < 4.78 is 33.0. The van der Waals surface area contributed by atoms with Gasteiger partial charge < -0.3 is 25.0 Å². The number of rotatable bonds is 6. The second-order valence-corrected chi connectivity index (χ2v) is 9.72. The summed E-state index contributed by atoms with van der Waals surface area (Å²) in [5.41, 5.74) is -0.287. The molecule has 2 heterocycles. The largest absolute Gasteiger partial charge is 0.481 e. The summed E-state index contributed by atoms with van der Waals surface area (Å²) >= 11 is 0. The summed E-state index contributed by atoms with van der Waals surface area (Å²) in [5, 5.41) is 12.3. The number of nitrogens with zero attached hydrogens (tertiary/aromatic N) is 3. The van der Waals surface area contributed by atoms with E-state index in [1.807, 2.05) is 0 Å². The lowest BCUT2D eigenvalue weighted by molar-refractivity contribution is -0.138. The van der Waals surface area contributed by atoms with E-state index in [0.29, 0.717) is 32.4 Å². The number of carboxylic acid groups (broad SMARTS) is 1. The van der Waals surface area contributed by atoms with Crippen molar-refractivity contribution in [1.82, 2.24) is 20.0 Å². The van der Waals surface area contributed by atoms with E-state index in [0.717, 1.165) is 49.1 Å². The van der Waals surface area contributed by atoms with Crippen molar-refractivity contribution in [2.45, 2.75) is 50.7 Å². The first-order valence-electron chi connectivity index (χ1n) is 12.7. The van der Waals surface area contributed by atoms with Gasteiger partial charge in [-0.25, -0.2) is 13.6 Å². The van der Waals surface area contributed by atoms with Crippen molar-refractivity contribution in [3.63, 3.8) is 0 Å². The maximum atomic E-state index is 13.8. The predicted octanol–water partition coefficient (Wildman–Crippen LogP) is 2.04. The van der Waals surface area contributed by atoms with Gasteiger partial charge in [0.25, 0.3) is 11.8 Å². The fourth-order valence-corrected chi connectivity index (χ4v) is 5.42. The molecule has 1 saturated carbocycles. The molecule has 3 fully saturated rings. The Hall–Kier alpha value is -3.28. The highest BCUT2D eigenvalue weighted by Crippen LogP contribution is 2.29. The molecular weight excluding hydrogens is 490 g/mol. The van der Waals surface area contributed by atoms with Gasteiger partial charge in [0.05, 0.1) is 19.6 Å². The van der Waals surface area contributed by atoms with Crippen molar-refractivity contribution in [2.75, 3.05) is 39.4 Å². The van der Waals surface area contributed by atoms with Crippen LogP contribution in [0.25, 0.3) is 0 Å². The van der Waals surface area contributed by atoms with Crippen molar-refractivity contribution in [2.24, 2.45) is 5.92 Å². The highest BCUT2D eigenvalue weighted by molar-refractivity contribution is 5.99. The summed E-state index contributed by atoms with van der Waals surface area (Å²) in [6.07, 6.45) is 2.75. The van der Waals surface area contributed by atoms with Crippen LogP contribution in [0.15, 0.2) is 18.2 Å². The third-order valence-corrected chi connectivity index (χ3v) is 7.25. The van der Waals surface area contributed by atoms with Crippen molar-refractivity contribution < 1.29 is 37.8 Å². The van der Waals surface area contributed by atoms with Crippen LogP contribution < -0.4 is 5.32 Å². The van der Waals surface area contributed by atoms with Crippen LogP contribution in [-0.4, -0.2) is 95.2 Å². The lowest BCUT2D eigenvalue weighted by Crippen LogP contribution is -2.59. The van der Waals surface area contributed by atoms with E-state index >= 15 is 0 Å². The minimum absolute atomic E-state index is 0.0296. The minimum atomic E-state index is -1.39. The topological polar surface area (TPSA) is 119 Å². The number of ether oxygens (including phenoxy) is 1. The fraction of sp³-hybridized carbons (Fsp3) is 0.600. The number of aliphatic carboxylic acids is 1. The lowest BCUT2D eigenvalue weighted by Gasteiger charge is -2.36. The lowest BCUT2D eigenvalue weighted by atomic mass is 9.82. The van der Waals surface area contributed by atoms with Crippen LogP contribution in [0, 0.1) is 17.6 Å². The molecule has 4 rings (SSSR count). The molecule has 202 valence electrons. The molecule has 0 bridgehead atoms. The third-order valence-electron chi connectivity index (χ3n) is 7.25. The Morgan fingerprint density at radius 2 is 1.57 bits per heavy atom. The molecule has 1 aromatic rings. The zero-order valence-corrected chi connectivity index (χ0v) is 20.5. The molecule has 1 aliphatic carbocycles. The summed E-state index contributed by atoms with van der Waals surface area (Å²) in [7, 11) is 0. The molecule has 1 aromatic carbocycles. The quantitative estimate of drug-likeness (QED) is 0.590. The predicted molar refractivity (Wildman–Crippen MR) is 126 cm³/mol. The van der Waals surface area contributed by atoms with E-state index in [1.54, 1.807) is 0 Å². The number of hydrogen-bond acceptors (Lipinski definition) is 5. The highest BCUT2D eigenvalue weighted by Gasteiger charge is 2.45. The number of amides is 4. The van der Waals surface area contributed by atoms with Crippen LogP contribution >= 0.6 is 0 Å². The zero-order chi connectivity index (χ0) is 26.5. The van der Waals surface area contributed by atoms with Crippen molar-refractivity contribution in [1.29, 1.82) is 0 Å². The molecule has 2 unspecified atom stereocenters. The minimum Gasteiger partial charge on any atom is -0.481 e. The number of urea groups is 1. The second kappa shape index (κ2) is 11.8. The Labute approximate surface area is 213 Å². The average Bonchev–Trinajstić information content (AvgIpc) is 3.33. The first kappa shape index (κ1) is 26.8. The first-order valence-corrected chi connectivity index (χ1v) is 12.7. The molecule has 4 amide bonds. The molecule has 2 saturated heterocycles. The standard InChI is InChI=1S/C25H32F2N4O6/c26-18-12-17(13-19(27)14-18)24(35)30-6-7-31(25(36)29-8-10-37-11-9-29)23(30)22(34)28-20(15-21(32)33)16-4-2-1-3-5-16/h12-14,16,20,23H,1-11,15H2,(H,28,34)(H,32,33). The third kappa shape index (κ3) is 6.35. The first-order chi connectivity index (χ1) is 17.7. The number of morpholine rings is 1. The van der Waals surface area contributed by atoms with Crippen LogP contribution in [0.1, 0.15) is 48.9 Å². The Kier molecular flexibility index (Phi) is 8.57. The van der Waals surface area contributed by atoms with Gasteiger partial charge in [0.2, 0.25) is 0 Å². The smallest absolute Gasteiger partial charge is 0.322 e. The van der Waals surface area contributed by atoms with Crippen LogP contribution in [0.3, 0.4) is 0 Å². The maximum Gasteiger partial charge on any atom is 0.322 e. The summed E-state index contributed by atoms with van der Waals surface area (Å²) in [4.78, 5) is 55.8. The zero-order valence-electron chi connectivity index (χ0n) is 20.5. The van der Waals surface area contributed by atoms with Gasteiger partial charge in [-0.15, -0.1) is 0 Å². The molecule has 0 spiro atoms. The molecule has 10 nitrogen and oxygen atoms in total. The molecule has 0 aromatic heterocycles. The molecule has 3 aliphatic rings. The number of halogens is 2. The van der Waals surface area contributed by atoms with Crippen molar-refractivity contribution in [3.05, 3.63) is 35.4 Å². The van der Waals surface area contributed by atoms with Gasteiger partial charge in [-0.2, -0.15) is 0 Å². The summed E-state index contributed by atoms with van der Waals surface area (Å²) in [6, 6.07) is 1.26. The van der Waals surface area contributed by atoms with Crippen LogP contribution in [0.5, 0.6) is 0 Å². The Morgan fingerprint density at radius 1 is 0.946 bits per heavy atom. The van der Waals surface area contributed by atoms with Crippen molar-refractivity contribution in [3.8, 4) is 0 Å². The van der Waals surface area contributed by atoms with Gasteiger partial charge in [0, 0.05) is 43.9 Å². The Bertz CT molecular complexity index is 1010. The molecule has 2 atom stereocenters. The van der Waals surface area contributed by atoms with E-state index in [2.05, 4.69) is 5.32 Å². The normalized spacial score (nSPS) is 21.6. The number of benzene rings is 1. The van der Waals surface area contributed by atoms with Gasteiger partial charge in [-0.05, 0) is 30.9 Å². The SMILES string of the molecule is O=C(O)CC(NC(=O)C1N(C(=O)c2cc(F)cc(F)c2)CCN1C(=O)N1CCOCC1)C1CCCCC1. The number of nitrogens with one attached hydrogen (secondary N) is 1. The van der Waals surface area contributed by atoms with E-state index in [9.17, 15) is 33.1 Å². The van der Waals surface area contributed by atoms with Gasteiger partial charge in [0.15, 0.2) is 6.17 Å². The number of hydrogen-bond donors (Lipinski definition) is 2. The molecule has 2 N–H and O–H groups in total. The van der Waals surface area contributed by atoms with Gasteiger partial charge in [0.1, 0.15) is 11.6 Å². The molecule has 2 aliphatic heterocycles. The Morgan fingerprint density at radius 3 is 2.19 bits per heavy atom. The second-order valence-electron chi connectivity index (χ2n) is 9.72. The van der Waals surface area contributed by atoms with E-state index in [4.69, 9.17) is 4.74 Å². The van der Waals surface area contributed by atoms with Crippen LogP contribution in [-0.2, 0) is 14.3 Å². The van der Waals surface area contributed by atoms with Gasteiger partial charge >= 0.3 is 12.0 Å². The number of carbonyl (C=O) groups is 4. The molecular formula is C25H32F2N4O6. The Balaban J connectivity index is 1.61. The number of carboxylic acids is 1. The van der Waals surface area contributed by atoms with Gasteiger partial charge in [-0.3, -0.25) is 19.3 Å². The molecule has 37 heavy (non-hydrogen) atoms. The highest BCUT2D eigenvalue weighted by atomic mass is 19.1. The van der Waals surface area contributed by atoms with Crippen molar-refractivity contribution >= 4 is 23.8 Å².